The van der Waals surface area contributed by atoms with Gasteiger partial charge in [-0.1, -0.05) is 32.1 Å². The van der Waals surface area contributed by atoms with Crippen LogP contribution in [-0.4, -0.2) is 32.2 Å². The van der Waals surface area contributed by atoms with Gasteiger partial charge in [-0.05, 0) is 47.9 Å². The van der Waals surface area contributed by atoms with Gasteiger partial charge in [-0.2, -0.15) is 0 Å². The molecule has 3 nitrogen and oxygen atoms in total. The molecule has 126 valence electrons. The Morgan fingerprint density at radius 1 is 0.957 bits per heavy atom. The van der Waals surface area contributed by atoms with Crippen LogP contribution in [0.2, 0.25) is 0 Å². The van der Waals surface area contributed by atoms with Crippen molar-refractivity contribution in [2.24, 2.45) is 11.8 Å². The molecular formula is C20H29NO2. The van der Waals surface area contributed by atoms with E-state index in [4.69, 9.17) is 9.47 Å². The molecule has 1 saturated carbocycles. The lowest BCUT2D eigenvalue weighted by Crippen LogP contribution is -2.32. The number of fused-ring (bicyclic) bond motifs is 3. The lowest BCUT2D eigenvalue weighted by molar-refractivity contribution is 0.219. The second-order valence-electron chi connectivity index (χ2n) is 7.56. The zero-order chi connectivity index (χ0) is 15.8. The maximum Gasteiger partial charge on any atom is 0.161 e. The lowest BCUT2D eigenvalue weighted by Gasteiger charge is -2.32. The van der Waals surface area contributed by atoms with Crippen LogP contribution in [0.3, 0.4) is 0 Å². The van der Waals surface area contributed by atoms with E-state index in [1.54, 1.807) is 14.2 Å². The van der Waals surface area contributed by atoms with Crippen molar-refractivity contribution in [3.8, 4) is 11.5 Å². The fourth-order valence-electron chi connectivity index (χ4n) is 5.18. The smallest absolute Gasteiger partial charge is 0.161 e. The van der Waals surface area contributed by atoms with Crippen molar-refractivity contribution in [1.82, 2.24) is 4.90 Å². The van der Waals surface area contributed by atoms with Crippen molar-refractivity contribution in [3.05, 3.63) is 23.3 Å². The fraction of sp³-hybridized carbons (Fsp3) is 0.700. The number of methoxy groups -OCH3 is 2. The molecule has 2 aliphatic heterocycles. The molecule has 0 N–H and O–H groups in total. The molecule has 0 amide bonds. The zero-order valence-electron chi connectivity index (χ0n) is 14.5. The molecule has 0 bridgehead atoms. The van der Waals surface area contributed by atoms with Crippen molar-refractivity contribution < 1.29 is 9.47 Å². The molecular weight excluding hydrogens is 286 g/mol. The van der Waals surface area contributed by atoms with Crippen LogP contribution in [0.1, 0.15) is 55.7 Å². The van der Waals surface area contributed by atoms with Crippen molar-refractivity contribution >= 4 is 0 Å². The molecule has 0 spiro atoms. The van der Waals surface area contributed by atoms with Gasteiger partial charge in [-0.15, -0.1) is 0 Å². The average Bonchev–Trinajstić information content (AvgIpc) is 3.06. The number of hydrogen-bond donors (Lipinski definition) is 0. The molecule has 1 aliphatic carbocycles. The number of benzene rings is 1. The Morgan fingerprint density at radius 2 is 1.70 bits per heavy atom. The quantitative estimate of drug-likeness (QED) is 0.834. The van der Waals surface area contributed by atoms with E-state index in [2.05, 4.69) is 17.0 Å². The summed E-state index contributed by atoms with van der Waals surface area (Å²) in [7, 11) is 3.47. The highest BCUT2D eigenvalue weighted by Crippen LogP contribution is 2.47. The lowest BCUT2D eigenvalue weighted by atomic mass is 9.78. The predicted octanol–water partition coefficient (Wildman–Crippen LogP) is 4.20. The van der Waals surface area contributed by atoms with E-state index in [0.717, 1.165) is 29.8 Å². The van der Waals surface area contributed by atoms with Gasteiger partial charge in [0.2, 0.25) is 0 Å². The van der Waals surface area contributed by atoms with Crippen molar-refractivity contribution in [2.75, 3.05) is 27.3 Å². The van der Waals surface area contributed by atoms with Gasteiger partial charge in [0.1, 0.15) is 0 Å². The Balaban J connectivity index is 1.59. The summed E-state index contributed by atoms with van der Waals surface area (Å²) in [5.74, 6) is 3.63. The largest absolute Gasteiger partial charge is 0.493 e. The Morgan fingerprint density at radius 3 is 2.43 bits per heavy atom. The average molecular weight is 315 g/mol. The summed E-state index contributed by atoms with van der Waals surface area (Å²) in [5, 5.41) is 0. The molecule has 2 atom stereocenters. The van der Waals surface area contributed by atoms with Crippen LogP contribution in [0.4, 0.5) is 0 Å². The van der Waals surface area contributed by atoms with Crippen molar-refractivity contribution in [3.63, 3.8) is 0 Å². The maximum atomic E-state index is 5.55. The van der Waals surface area contributed by atoms with Gasteiger partial charge in [0, 0.05) is 19.1 Å². The van der Waals surface area contributed by atoms with E-state index < -0.39 is 0 Å². The molecule has 1 aromatic carbocycles. The Kier molecular flexibility index (Phi) is 4.23. The van der Waals surface area contributed by atoms with E-state index in [1.807, 2.05) is 0 Å². The Labute approximate surface area is 140 Å². The summed E-state index contributed by atoms with van der Waals surface area (Å²) in [6.07, 6.45) is 9.77. The molecule has 0 radical (unpaired) electrons. The number of nitrogens with zero attached hydrogens (tertiary/aromatic N) is 1. The van der Waals surface area contributed by atoms with Crippen molar-refractivity contribution in [2.45, 2.75) is 51.0 Å². The minimum absolute atomic E-state index is 0.602. The SMILES string of the molecule is COc1cc2c(cc1OC)[C@@H]1C[C@H](C3CCCCC3)CN1CC2. The van der Waals surface area contributed by atoms with Crippen molar-refractivity contribution in [1.29, 1.82) is 0 Å². The van der Waals surface area contributed by atoms with E-state index in [9.17, 15) is 0 Å². The predicted molar refractivity (Wildman–Crippen MR) is 92.2 cm³/mol. The van der Waals surface area contributed by atoms with Gasteiger partial charge in [0.15, 0.2) is 11.5 Å². The summed E-state index contributed by atoms with van der Waals surface area (Å²) in [6, 6.07) is 5.05. The van der Waals surface area contributed by atoms with Crippen LogP contribution in [0.5, 0.6) is 11.5 Å². The van der Waals surface area contributed by atoms with Gasteiger partial charge < -0.3 is 9.47 Å². The van der Waals surface area contributed by atoms with E-state index in [0.29, 0.717) is 6.04 Å². The molecule has 3 heteroatoms. The Bertz CT molecular complexity index is 565. The first-order chi connectivity index (χ1) is 11.3. The Hall–Kier alpha value is -1.22. The third-order valence-corrected chi connectivity index (χ3v) is 6.43. The molecule has 2 fully saturated rings. The van der Waals surface area contributed by atoms with E-state index >= 15 is 0 Å². The van der Waals surface area contributed by atoms with Crippen LogP contribution < -0.4 is 9.47 Å². The van der Waals surface area contributed by atoms with Crippen LogP contribution in [-0.2, 0) is 6.42 Å². The third-order valence-electron chi connectivity index (χ3n) is 6.43. The minimum Gasteiger partial charge on any atom is -0.493 e. The summed E-state index contributed by atoms with van der Waals surface area (Å²) < 4.78 is 11.0. The standard InChI is InChI=1S/C20H29NO2/c1-22-19-11-15-8-9-21-13-16(14-6-4-3-5-7-14)10-18(21)17(15)12-20(19)23-2/h11-12,14,16,18H,3-10,13H2,1-2H3/t16-,18-/m0/s1. The van der Waals surface area contributed by atoms with Crippen LogP contribution in [0, 0.1) is 11.8 Å². The zero-order valence-corrected chi connectivity index (χ0v) is 14.5. The third kappa shape index (κ3) is 2.73. The van der Waals surface area contributed by atoms with Gasteiger partial charge in [-0.25, -0.2) is 0 Å². The van der Waals surface area contributed by atoms with Crippen LogP contribution in [0.15, 0.2) is 12.1 Å². The highest BCUT2D eigenvalue weighted by molar-refractivity contribution is 5.49. The summed E-state index contributed by atoms with van der Waals surface area (Å²) in [4.78, 5) is 2.73. The molecule has 4 rings (SSSR count). The normalized spacial score (nSPS) is 28.3. The fourth-order valence-corrected chi connectivity index (χ4v) is 5.18. The summed E-state index contributed by atoms with van der Waals surface area (Å²) >= 11 is 0. The molecule has 1 saturated heterocycles. The molecule has 2 heterocycles. The number of ether oxygens (including phenoxy) is 2. The molecule has 1 aromatic rings. The number of rotatable bonds is 3. The second-order valence-corrected chi connectivity index (χ2v) is 7.56. The van der Waals surface area contributed by atoms with Gasteiger partial charge >= 0.3 is 0 Å². The van der Waals surface area contributed by atoms with Gasteiger partial charge in [0.05, 0.1) is 14.2 Å². The van der Waals surface area contributed by atoms with E-state index in [-0.39, 0.29) is 0 Å². The van der Waals surface area contributed by atoms with Gasteiger partial charge in [-0.3, -0.25) is 4.90 Å². The highest BCUT2D eigenvalue weighted by atomic mass is 16.5. The first-order valence-electron chi connectivity index (χ1n) is 9.29. The summed E-state index contributed by atoms with van der Waals surface area (Å²) in [5.41, 5.74) is 2.96. The monoisotopic (exact) mass is 315 g/mol. The van der Waals surface area contributed by atoms with Gasteiger partial charge in [0.25, 0.3) is 0 Å². The number of hydrogen-bond acceptors (Lipinski definition) is 3. The first-order valence-corrected chi connectivity index (χ1v) is 9.29. The molecule has 0 unspecified atom stereocenters. The summed E-state index contributed by atoms with van der Waals surface area (Å²) in [6.45, 7) is 2.51. The minimum atomic E-state index is 0.602. The molecule has 3 aliphatic rings. The molecule has 0 aromatic heterocycles. The van der Waals surface area contributed by atoms with E-state index in [1.165, 1.54) is 62.7 Å². The van der Waals surface area contributed by atoms with Crippen LogP contribution >= 0.6 is 0 Å². The van der Waals surface area contributed by atoms with Crippen LogP contribution in [0.25, 0.3) is 0 Å². The second kappa shape index (κ2) is 6.35. The maximum absolute atomic E-state index is 5.55. The topological polar surface area (TPSA) is 21.7 Å². The molecule has 23 heavy (non-hydrogen) atoms. The first kappa shape index (κ1) is 15.3. The highest BCUT2D eigenvalue weighted by Gasteiger charge is 2.40.